The topological polar surface area (TPSA) is 75.4 Å². The van der Waals surface area contributed by atoms with Crippen LogP contribution in [0.5, 0.6) is 0 Å². The number of benzene rings is 3. The molecule has 0 aliphatic rings. The molecule has 0 fully saturated rings. The third-order valence-electron chi connectivity index (χ3n) is 4.71. The fourth-order valence-electron chi connectivity index (χ4n) is 3.18. The molecule has 0 aliphatic heterocycles. The van der Waals surface area contributed by atoms with Gasteiger partial charge in [0.05, 0.1) is 27.7 Å². The highest BCUT2D eigenvalue weighted by Crippen LogP contribution is 2.30. The number of aromatic nitrogens is 1. The van der Waals surface area contributed by atoms with Crippen molar-refractivity contribution in [2.45, 2.75) is 0 Å². The lowest BCUT2D eigenvalue weighted by Crippen LogP contribution is -2.35. The van der Waals surface area contributed by atoms with E-state index >= 15 is 0 Å². The molecule has 0 radical (unpaired) electrons. The van der Waals surface area contributed by atoms with Crippen molar-refractivity contribution in [3.05, 3.63) is 82.3 Å². The monoisotopic (exact) mass is 453 g/mol. The zero-order valence-corrected chi connectivity index (χ0v) is 17.9. The van der Waals surface area contributed by atoms with E-state index < -0.39 is 5.91 Å². The predicted octanol–water partition coefficient (Wildman–Crippen LogP) is 5.51. The molecular formula is C23H17Cl2N3O3. The summed E-state index contributed by atoms with van der Waals surface area (Å²) < 4.78 is 5.49. The largest absolute Gasteiger partial charge is 0.355 e. The highest BCUT2D eigenvalue weighted by Gasteiger charge is 2.19. The van der Waals surface area contributed by atoms with Gasteiger partial charge in [-0.05, 0) is 30.3 Å². The lowest BCUT2D eigenvalue weighted by molar-refractivity contribution is -0.116. The van der Waals surface area contributed by atoms with Gasteiger partial charge in [0, 0.05) is 18.2 Å². The van der Waals surface area contributed by atoms with Crippen LogP contribution in [-0.4, -0.2) is 35.5 Å². The van der Waals surface area contributed by atoms with Crippen molar-refractivity contribution < 1.29 is 14.1 Å². The lowest BCUT2D eigenvalue weighted by Gasteiger charge is -2.17. The number of hydrogen-bond acceptors (Lipinski definition) is 4. The van der Waals surface area contributed by atoms with E-state index in [4.69, 9.17) is 27.7 Å². The van der Waals surface area contributed by atoms with Crippen LogP contribution in [0.4, 0.5) is 5.69 Å². The van der Waals surface area contributed by atoms with Gasteiger partial charge in [0.2, 0.25) is 5.91 Å². The first-order chi connectivity index (χ1) is 14.9. The van der Waals surface area contributed by atoms with Gasteiger partial charge in [0.1, 0.15) is 5.52 Å². The van der Waals surface area contributed by atoms with Gasteiger partial charge in [-0.1, -0.05) is 64.8 Å². The zero-order chi connectivity index (χ0) is 22.0. The Morgan fingerprint density at radius 2 is 1.71 bits per heavy atom. The molecule has 8 heteroatoms. The Labute approximate surface area is 188 Å². The summed E-state index contributed by atoms with van der Waals surface area (Å²) >= 11 is 12.2. The Morgan fingerprint density at radius 3 is 2.42 bits per heavy atom. The van der Waals surface area contributed by atoms with E-state index in [2.05, 4.69) is 10.5 Å². The number of nitrogens with zero attached hydrogens (tertiary/aromatic N) is 2. The number of para-hydroxylation sites is 1. The molecule has 1 N–H and O–H groups in total. The van der Waals surface area contributed by atoms with Gasteiger partial charge in [-0.25, -0.2) is 0 Å². The number of amides is 2. The quantitative estimate of drug-likeness (QED) is 0.432. The second-order valence-electron chi connectivity index (χ2n) is 6.92. The minimum absolute atomic E-state index is 0.173. The molecule has 1 heterocycles. The van der Waals surface area contributed by atoms with Crippen molar-refractivity contribution in [3.8, 4) is 11.3 Å². The molecule has 0 spiro atoms. The summed E-state index contributed by atoms with van der Waals surface area (Å²) in [4.78, 5) is 26.7. The first-order valence-electron chi connectivity index (χ1n) is 9.38. The number of carbonyl (C=O) groups is 2. The minimum Gasteiger partial charge on any atom is -0.355 e. The van der Waals surface area contributed by atoms with Crippen LogP contribution in [0.15, 0.2) is 71.3 Å². The van der Waals surface area contributed by atoms with Crippen molar-refractivity contribution in [2.75, 3.05) is 18.9 Å². The van der Waals surface area contributed by atoms with E-state index in [-0.39, 0.29) is 12.5 Å². The number of anilines is 1. The first kappa shape index (κ1) is 20.9. The smallest absolute Gasteiger partial charge is 0.254 e. The second kappa shape index (κ2) is 8.79. The maximum absolute atomic E-state index is 12.9. The molecule has 0 atom stereocenters. The molecule has 0 unspecified atom stereocenters. The van der Waals surface area contributed by atoms with Gasteiger partial charge in [0.15, 0.2) is 5.76 Å². The van der Waals surface area contributed by atoms with Crippen LogP contribution in [0, 0.1) is 0 Å². The third kappa shape index (κ3) is 4.40. The number of nitrogens with one attached hydrogen (secondary N) is 1. The molecule has 4 aromatic rings. The van der Waals surface area contributed by atoms with E-state index in [0.717, 1.165) is 10.9 Å². The second-order valence-corrected chi connectivity index (χ2v) is 7.73. The maximum atomic E-state index is 12.9. The van der Waals surface area contributed by atoms with Gasteiger partial charge in [-0.15, -0.1) is 0 Å². The molecule has 31 heavy (non-hydrogen) atoms. The summed E-state index contributed by atoms with van der Waals surface area (Å²) in [5.41, 5.74) is 2.23. The summed E-state index contributed by atoms with van der Waals surface area (Å²) in [6.07, 6.45) is 0. The van der Waals surface area contributed by atoms with Gasteiger partial charge in [-0.3, -0.25) is 9.59 Å². The molecule has 1 aromatic heterocycles. The summed E-state index contributed by atoms with van der Waals surface area (Å²) in [6, 6.07) is 19.5. The Morgan fingerprint density at radius 1 is 1.00 bits per heavy atom. The van der Waals surface area contributed by atoms with E-state index in [1.807, 2.05) is 30.3 Å². The Kier molecular flexibility index (Phi) is 5.93. The van der Waals surface area contributed by atoms with Crippen molar-refractivity contribution in [1.29, 1.82) is 0 Å². The Balaban J connectivity index is 1.53. The molecule has 3 aromatic carbocycles. The van der Waals surface area contributed by atoms with E-state index in [1.54, 1.807) is 43.4 Å². The third-order valence-corrected chi connectivity index (χ3v) is 5.34. The molecule has 0 bridgehead atoms. The number of likely N-dealkylation sites (N-methyl/N-ethyl adjacent to an activating group) is 1. The fraction of sp³-hybridized carbons (Fsp3) is 0.0870. The standard InChI is InChI=1S/C23H17Cl2N3O3/c1-28(13-20(29)26-21-17(24)8-5-9-18(21)25)23(30)15-10-11-19-16(12-15)22(31-27-19)14-6-3-2-4-7-14/h2-12H,13H2,1H3,(H,26,29). The molecule has 0 saturated carbocycles. The van der Waals surface area contributed by atoms with Crippen LogP contribution in [-0.2, 0) is 4.79 Å². The number of fused-ring (bicyclic) bond motifs is 1. The average molecular weight is 454 g/mol. The van der Waals surface area contributed by atoms with E-state index in [0.29, 0.717) is 32.6 Å². The van der Waals surface area contributed by atoms with Crippen LogP contribution in [0.2, 0.25) is 10.0 Å². The SMILES string of the molecule is CN(CC(=O)Nc1c(Cl)cccc1Cl)C(=O)c1ccc2noc(-c3ccccc3)c2c1. The first-order valence-corrected chi connectivity index (χ1v) is 10.1. The van der Waals surface area contributed by atoms with E-state index in [1.165, 1.54) is 4.90 Å². The number of hydrogen-bond donors (Lipinski definition) is 1. The van der Waals surface area contributed by atoms with Crippen LogP contribution >= 0.6 is 23.2 Å². The molecule has 0 aliphatic carbocycles. The van der Waals surface area contributed by atoms with Crippen LogP contribution in [0.1, 0.15) is 10.4 Å². The molecule has 6 nitrogen and oxygen atoms in total. The minimum atomic E-state index is -0.415. The molecular weight excluding hydrogens is 437 g/mol. The van der Waals surface area contributed by atoms with Crippen LogP contribution in [0.25, 0.3) is 22.2 Å². The highest BCUT2D eigenvalue weighted by molar-refractivity contribution is 6.39. The van der Waals surface area contributed by atoms with Gasteiger partial charge >= 0.3 is 0 Å². The van der Waals surface area contributed by atoms with Crippen LogP contribution < -0.4 is 5.32 Å². The highest BCUT2D eigenvalue weighted by atomic mass is 35.5. The fourth-order valence-corrected chi connectivity index (χ4v) is 3.67. The number of rotatable bonds is 5. The summed E-state index contributed by atoms with van der Waals surface area (Å²) in [7, 11) is 1.55. The Bertz CT molecular complexity index is 1250. The van der Waals surface area contributed by atoms with Crippen molar-refractivity contribution >= 4 is 51.6 Å². The van der Waals surface area contributed by atoms with Crippen LogP contribution in [0.3, 0.4) is 0 Å². The van der Waals surface area contributed by atoms with Gasteiger partial charge in [-0.2, -0.15) is 0 Å². The Hall–Kier alpha value is -3.35. The summed E-state index contributed by atoms with van der Waals surface area (Å²) in [6.45, 7) is -0.173. The normalized spacial score (nSPS) is 10.8. The number of halogens is 2. The molecule has 156 valence electrons. The zero-order valence-electron chi connectivity index (χ0n) is 16.4. The summed E-state index contributed by atoms with van der Waals surface area (Å²) in [5, 5.41) is 8.07. The van der Waals surface area contributed by atoms with E-state index in [9.17, 15) is 9.59 Å². The van der Waals surface area contributed by atoms with Gasteiger partial charge < -0.3 is 14.7 Å². The molecule has 0 saturated heterocycles. The van der Waals surface area contributed by atoms with Crippen molar-refractivity contribution in [2.24, 2.45) is 0 Å². The number of carbonyl (C=O) groups excluding carboxylic acids is 2. The van der Waals surface area contributed by atoms with Crippen molar-refractivity contribution in [3.63, 3.8) is 0 Å². The van der Waals surface area contributed by atoms with Crippen molar-refractivity contribution in [1.82, 2.24) is 10.1 Å². The molecule has 4 rings (SSSR count). The average Bonchev–Trinajstić information content (AvgIpc) is 3.19. The lowest BCUT2D eigenvalue weighted by atomic mass is 10.1. The maximum Gasteiger partial charge on any atom is 0.254 e. The summed E-state index contributed by atoms with van der Waals surface area (Å²) in [5.74, 6) is -0.150. The molecule has 2 amide bonds. The van der Waals surface area contributed by atoms with Gasteiger partial charge in [0.25, 0.3) is 5.91 Å². The predicted molar refractivity (Wildman–Crippen MR) is 121 cm³/mol.